The van der Waals surface area contributed by atoms with Crippen molar-refractivity contribution in [1.82, 2.24) is 0 Å². The summed E-state index contributed by atoms with van der Waals surface area (Å²) in [7, 11) is 0. The van der Waals surface area contributed by atoms with Crippen molar-refractivity contribution >= 4 is 94.1 Å². The molecule has 4 aromatic rings. The highest BCUT2D eigenvalue weighted by atomic mass is 32.2. The van der Waals surface area contributed by atoms with Crippen molar-refractivity contribution in [3.8, 4) is 0 Å². The molecule has 0 spiro atoms. The van der Waals surface area contributed by atoms with Crippen molar-refractivity contribution in [2.45, 2.75) is 65.3 Å². The van der Waals surface area contributed by atoms with E-state index in [1.165, 1.54) is 87.9 Å². The minimum Gasteiger partial charge on any atom is -0.156 e. The van der Waals surface area contributed by atoms with Crippen LogP contribution in [0, 0.1) is 0 Å². The summed E-state index contributed by atoms with van der Waals surface area (Å²) in [6.07, 6.45) is 1.01. The Hall–Kier alpha value is -0.320. The monoisotopic (exact) mass is 778 g/mol. The van der Waals surface area contributed by atoms with E-state index < -0.39 is 0 Å². The van der Waals surface area contributed by atoms with E-state index in [1.807, 2.05) is 47.0 Å². The maximum absolute atomic E-state index is 2.50. The fourth-order valence-electron chi connectivity index (χ4n) is 6.08. The van der Waals surface area contributed by atoms with E-state index in [9.17, 15) is 0 Å². The Morgan fingerprint density at radius 2 is 0.750 bits per heavy atom. The van der Waals surface area contributed by atoms with Crippen molar-refractivity contribution < 1.29 is 0 Å². The molecule has 4 aromatic carbocycles. The Morgan fingerprint density at radius 1 is 0.479 bits per heavy atom. The largest absolute Gasteiger partial charge is 0.156 e. The SMILES string of the molecule is CC(CC(c1ccc(SCC2CS2)cc1)c1ccc(SCC2CS2)cc1)(c1ccc(SCC2CS2)cc1)c1ccc(SCC2CS2)cc1. The third-order valence-corrected chi connectivity index (χ3v) is 18.9. The molecular formula is C40H42S8. The minimum atomic E-state index is -0.150. The minimum absolute atomic E-state index is 0.150. The summed E-state index contributed by atoms with van der Waals surface area (Å²) in [6.45, 7) is 2.50. The average Bonchev–Trinajstić information content (AvgIpc) is 3.95. The topological polar surface area (TPSA) is 0 Å². The van der Waals surface area contributed by atoms with Gasteiger partial charge in [0.15, 0.2) is 0 Å². The molecule has 8 rings (SSSR count). The molecule has 0 amide bonds. The molecule has 0 saturated carbocycles. The van der Waals surface area contributed by atoms with E-state index in [4.69, 9.17) is 0 Å². The number of benzene rings is 4. The molecule has 0 bridgehead atoms. The lowest BCUT2D eigenvalue weighted by atomic mass is 9.68. The summed E-state index contributed by atoms with van der Waals surface area (Å²) in [4.78, 5) is 5.58. The molecule has 4 aliphatic rings. The van der Waals surface area contributed by atoms with Gasteiger partial charge in [-0.2, -0.15) is 47.0 Å². The predicted octanol–water partition coefficient (Wildman–Crippen LogP) is 12.0. The van der Waals surface area contributed by atoms with E-state index in [-0.39, 0.29) is 11.3 Å². The number of hydrogen-bond acceptors (Lipinski definition) is 8. The van der Waals surface area contributed by atoms with Crippen LogP contribution in [-0.2, 0) is 5.41 Å². The van der Waals surface area contributed by atoms with Gasteiger partial charge < -0.3 is 0 Å². The molecule has 8 heteroatoms. The first-order valence-corrected chi connectivity index (χ1v) is 25.1. The fourth-order valence-corrected chi connectivity index (χ4v) is 13.4. The van der Waals surface area contributed by atoms with Gasteiger partial charge in [0.05, 0.1) is 0 Å². The number of rotatable bonds is 18. The van der Waals surface area contributed by atoms with Crippen molar-refractivity contribution in [3.05, 3.63) is 119 Å². The van der Waals surface area contributed by atoms with Gasteiger partial charge in [-0.15, -0.1) is 47.0 Å². The van der Waals surface area contributed by atoms with Crippen molar-refractivity contribution in [3.63, 3.8) is 0 Å². The Morgan fingerprint density at radius 3 is 1.02 bits per heavy atom. The van der Waals surface area contributed by atoms with E-state index in [2.05, 4.69) is 151 Å². The second-order valence-corrected chi connectivity index (χ2v) is 23.0. The lowest BCUT2D eigenvalue weighted by Crippen LogP contribution is -2.27. The first-order chi connectivity index (χ1) is 23.6. The molecule has 0 aromatic heterocycles. The quantitative estimate of drug-likeness (QED) is 0.0714. The van der Waals surface area contributed by atoms with Gasteiger partial charge in [0.25, 0.3) is 0 Å². The third kappa shape index (κ3) is 9.76. The molecule has 48 heavy (non-hydrogen) atoms. The maximum Gasteiger partial charge on any atom is 0.0232 e. The van der Waals surface area contributed by atoms with E-state index in [1.54, 1.807) is 0 Å². The third-order valence-electron chi connectivity index (χ3n) is 9.51. The van der Waals surface area contributed by atoms with Crippen LogP contribution in [0.3, 0.4) is 0 Å². The maximum atomic E-state index is 2.50. The van der Waals surface area contributed by atoms with Crippen molar-refractivity contribution in [2.75, 3.05) is 46.0 Å². The van der Waals surface area contributed by atoms with Gasteiger partial charge in [0.2, 0.25) is 0 Å². The van der Waals surface area contributed by atoms with Gasteiger partial charge in [0.1, 0.15) is 0 Å². The zero-order valence-corrected chi connectivity index (χ0v) is 33.8. The van der Waals surface area contributed by atoms with Crippen molar-refractivity contribution in [1.29, 1.82) is 0 Å². The molecule has 250 valence electrons. The molecule has 0 N–H and O–H groups in total. The van der Waals surface area contributed by atoms with Gasteiger partial charge in [-0.25, -0.2) is 0 Å². The van der Waals surface area contributed by atoms with Crippen LogP contribution in [0.25, 0.3) is 0 Å². The van der Waals surface area contributed by atoms with Crippen LogP contribution < -0.4 is 0 Å². The highest BCUT2D eigenvalue weighted by Crippen LogP contribution is 2.46. The molecular weight excluding hydrogens is 737 g/mol. The van der Waals surface area contributed by atoms with Crippen LogP contribution in [0.15, 0.2) is 117 Å². The summed E-state index contributed by atoms with van der Waals surface area (Å²) in [5.74, 6) is 10.5. The highest BCUT2D eigenvalue weighted by Gasteiger charge is 2.34. The Bertz CT molecular complexity index is 1500. The summed E-state index contributed by atoms with van der Waals surface area (Å²) in [5.41, 5.74) is 5.52. The summed E-state index contributed by atoms with van der Waals surface area (Å²) in [5, 5.41) is 3.41. The molecule has 4 saturated heterocycles. The molecule has 0 aliphatic carbocycles. The van der Waals surface area contributed by atoms with Gasteiger partial charge in [-0.05, 0) is 77.2 Å². The molecule has 4 aliphatic heterocycles. The van der Waals surface area contributed by atoms with E-state index >= 15 is 0 Å². The molecule has 0 nitrogen and oxygen atoms in total. The summed E-state index contributed by atoms with van der Waals surface area (Å²) in [6, 6.07) is 38.4. The molecule has 4 atom stereocenters. The first-order valence-electron chi connectivity index (χ1n) is 17.0. The Balaban J connectivity index is 1.10. The molecule has 0 radical (unpaired) electrons. The fraction of sp³-hybridized carbons (Fsp3) is 0.400. The predicted molar refractivity (Wildman–Crippen MR) is 227 cm³/mol. The van der Waals surface area contributed by atoms with E-state index in [0.717, 1.165) is 27.4 Å². The zero-order chi connectivity index (χ0) is 32.3. The summed E-state index contributed by atoms with van der Waals surface area (Å²) >= 11 is 16.4. The van der Waals surface area contributed by atoms with Gasteiger partial charge in [-0.1, -0.05) is 55.5 Å². The zero-order valence-electron chi connectivity index (χ0n) is 27.3. The molecule has 4 unspecified atom stereocenters. The Labute approximate surface area is 321 Å². The lowest BCUT2D eigenvalue weighted by Gasteiger charge is -2.36. The van der Waals surface area contributed by atoms with Crippen molar-refractivity contribution in [2.24, 2.45) is 0 Å². The van der Waals surface area contributed by atoms with Crippen LogP contribution in [0.5, 0.6) is 0 Å². The van der Waals surface area contributed by atoms with Crippen LogP contribution >= 0.6 is 94.1 Å². The van der Waals surface area contributed by atoms with Gasteiger partial charge in [0, 0.05) is 97.9 Å². The van der Waals surface area contributed by atoms with Crippen LogP contribution in [0.2, 0.25) is 0 Å². The molecule has 4 heterocycles. The average molecular weight is 779 g/mol. The standard InChI is InChI=1S/C40H42S8/c1-40(29-6-14-33(15-7-29)43-21-37-25-47-37,30-8-16-34(17-9-30)44-22-38-26-48-38)18-39(27-2-10-31(11-3-27)41-19-35-23-45-35)28-4-12-32(13-5-28)42-20-36-24-46-36/h2-17,35-39H,18-26H2,1H3. The smallest absolute Gasteiger partial charge is 0.0232 e. The lowest BCUT2D eigenvalue weighted by molar-refractivity contribution is 0.485. The second-order valence-electron chi connectivity index (χ2n) is 13.3. The molecule has 4 fully saturated rings. The van der Waals surface area contributed by atoms with Gasteiger partial charge in [-0.3, -0.25) is 0 Å². The second kappa shape index (κ2) is 16.1. The summed E-state index contributed by atoms with van der Waals surface area (Å²) < 4.78 is 0. The van der Waals surface area contributed by atoms with E-state index in [0.29, 0.717) is 0 Å². The van der Waals surface area contributed by atoms with Gasteiger partial charge >= 0.3 is 0 Å². The normalized spacial score (nSPS) is 24.1. The number of thioether (sulfide) groups is 8. The highest BCUT2D eigenvalue weighted by molar-refractivity contribution is 8.09. The first kappa shape index (κ1) is 34.7. The Kier molecular flexibility index (Phi) is 11.7. The van der Waals surface area contributed by atoms with Crippen LogP contribution in [0.1, 0.15) is 41.5 Å². The van der Waals surface area contributed by atoms with Crippen LogP contribution in [-0.4, -0.2) is 67.0 Å². The van der Waals surface area contributed by atoms with Crippen LogP contribution in [0.4, 0.5) is 0 Å². The number of hydrogen-bond donors (Lipinski definition) is 0.